The van der Waals surface area contributed by atoms with Crippen LogP contribution in [0.1, 0.15) is 24.3 Å². The second-order valence-corrected chi connectivity index (χ2v) is 7.08. The number of hydrogen-bond acceptors (Lipinski definition) is 4. The van der Waals surface area contributed by atoms with E-state index in [-0.39, 0.29) is 29.5 Å². The highest BCUT2D eigenvalue weighted by molar-refractivity contribution is 6.30. The third kappa shape index (κ3) is 3.04. The largest absolute Gasteiger partial charge is 0.470 e. The average Bonchev–Trinajstić information content (AvgIpc) is 2.61. The molecular weight excluding hydrogens is 340 g/mol. The maximum atomic E-state index is 11.3. The van der Waals surface area contributed by atoms with Crippen LogP contribution in [0.25, 0.3) is 0 Å². The topological polar surface area (TPSA) is 55.6 Å². The molecule has 3 atom stereocenters. The third-order valence-corrected chi connectivity index (χ3v) is 5.41. The Labute approximate surface area is 151 Å². The van der Waals surface area contributed by atoms with E-state index < -0.39 is 0 Å². The summed E-state index contributed by atoms with van der Waals surface area (Å²) in [5.74, 6) is 0.712. The summed E-state index contributed by atoms with van der Waals surface area (Å²) >= 11 is 6.16. The van der Waals surface area contributed by atoms with E-state index >= 15 is 0 Å². The average molecular weight is 359 g/mol. The number of halogens is 1. The number of nitro groups is 1. The van der Waals surface area contributed by atoms with E-state index in [1.54, 1.807) is 0 Å². The summed E-state index contributed by atoms with van der Waals surface area (Å²) in [7, 11) is 0. The normalized spacial score (nSPS) is 24.8. The van der Waals surface area contributed by atoms with E-state index in [2.05, 4.69) is 4.90 Å². The van der Waals surface area contributed by atoms with Crippen molar-refractivity contribution in [2.75, 3.05) is 18.0 Å². The van der Waals surface area contributed by atoms with Crippen LogP contribution in [0.2, 0.25) is 5.02 Å². The fourth-order valence-corrected chi connectivity index (χ4v) is 4.31. The molecule has 0 aliphatic carbocycles. The van der Waals surface area contributed by atoms with E-state index in [1.165, 1.54) is 0 Å². The fourth-order valence-electron chi connectivity index (χ4n) is 4.13. The van der Waals surface area contributed by atoms with Gasteiger partial charge in [-0.05, 0) is 37.1 Å². The summed E-state index contributed by atoms with van der Waals surface area (Å²) in [4.78, 5) is 13.3. The fraction of sp³-hybridized carbons (Fsp3) is 0.368. The van der Waals surface area contributed by atoms with Crippen molar-refractivity contribution in [1.82, 2.24) is 0 Å². The van der Waals surface area contributed by atoms with E-state index in [0.29, 0.717) is 5.02 Å². The van der Waals surface area contributed by atoms with Crippen LogP contribution in [-0.2, 0) is 0 Å². The lowest BCUT2D eigenvalue weighted by Gasteiger charge is -2.47. The number of para-hydroxylation sites is 1. The first-order valence-electron chi connectivity index (χ1n) is 8.53. The molecule has 2 aromatic carbocycles. The van der Waals surface area contributed by atoms with Crippen molar-refractivity contribution in [3.63, 3.8) is 0 Å². The van der Waals surface area contributed by atoms with Crippen LogP contribution in [0.4, 0.5) is 5.69 Å². The highest BCUT2D eigenvalue weighted by Gasteiger charge is 2.45. The Morgan fingerprint density at radius 3 is 2.88 bits per heavy atom. The maximum absolute atomic E-state index is 11.3. The minimum absolute atomic E-state index is 0.0646. The predicted octanol–water partition coefficient (Wildman–Crippen LogP) is 4.34. The van der Waals surface area contributed by atoms with Gasteiger partial charge in [0.1, 0.15) is 5.75 Å². The molecule has 0 spiro atoms. The highest BCUT2D eigenvalue weighted by atomic mass is 35.5. The third-order valence-electron chi connectivity index (χ3n) is 5.18. The molecule has 5 nitrogen and oxygen atoms in total. The molecule has 2 aliphatic rings. The van der Waals surface area contributed by atoms with Crippen LogP contribution in [0.15, 0.2) is 48.5 Å². The highest BCUT2D eigenvalue weighted by Crippen LogP contribution is 2.46. The molecule has 130 valence electrons. The maximum Gasteiger partial charge on any atom is 0.211 e. The number of fused-ring (bicyclic) bond motifs is 2. The van der Waals surface area contributed by atoms with Gasteiger partial charge in [-0.25, -0.2) is 0 Å². The summed E-state index contributed by atoms with van der Waals surface area (Å²) < 4.78 is 6.31. The van der Waals surface area contributed by atoms with Gasteiger partial charge in [0, 0.05) is 33.7 Å². The van der Waals surface area contributed by atoms with Gasteiger partial charge in [-0.3, -0.25) is 10.1 Å². The van der Waals surface area contributed by atoms with Crippen LogP contribution in [-0.4, -0.2) is 24.2 Å². The molecular formula is C19H19ClN2O3. The Balaban J connectivity index is 1.74. The number of piperidine rings is 1. The number of nitrogens with zero attached hydrogens (tertiary/aromatic N) is 2. The predicted molar refractivity (Wildman–Crippen MR) is 97.0 cm³/mol. The van der Waals surface area contributed by atoms with Crippen molar-refractivity contribution in [1.29, 1.82) is 0 Å². The Morgan fingerprint density at radius 1 is 1.24 bits per heavy atom. The lowest BCUT2D eigenvalue weighted by molar-refractivity contribution is -0.485. The molecule has 2 aromatic rings. The molecule has 0 aromatic heterocycles. The molecule has 4 rings (SSSR count). The number of rotatable bonds is 3. The molecule has 0 bridgehead atoms. The molecule has 2 heterocycles. The molecule has 0 radical (unpaired) electrons. The summed E-state index contributed by atoms with van der Waals surface area (Å²) in [6.45, 7) is 0.791. The number of hydrogen-bond donors (Lipinski definition) is 0. The standard InChI is InChI=1S/C19H19ClN2O3/c20-13-5-3-6-14(11-13)21-10-4-8-16-17(12-22(23)24)15-7-1-2-9-18(15)25-19(16)21/h1-3,5-7,9,11,16-17,19H,4,8,10,12H2. The molecule has 2 aliphatic heterocycles. The minimum Gasteiger partial charge on any atom is -0.470 e. The van der Waals surface area contributed by atoms with Crippen LogP contribution in [0, 0.1) is 16.0 Å². The quantitative estimate of drug-likeness (QED) is 0.605. The SMILES string of the molecule is O=[N+]([O-])CC1c2ccccc2OC2C1CCCN2c1cccc(Cl)c1. The van der Waals surface area contributed by atoms with E-state index in [0.717, 1.165) is 36.4 Å². The first-order valence-corrected chi connectivity index (χ1v) is 8.91. The Bertz CT molecular complexity index is 798. The molecule has 25 heavy (non-hydrogen) atoms. The first kappa shape index (κ1) is 16.2. The lowest BCUT2D eigenvalue weighted by Crippen LogP contribution is -2.53. The monoisotopic (exact) mass is 358 g/mol. The van der Waals surface area contributed by atoms with Gasteiger partial charge in [-0.15, -0.1) is 0 Å². The smallest absolute Gasteiger partial charge is 0.211 e. The minimum atomic E-state index is -0.206. The molecule has 0 amide bonds. The zero-order chi connectivity index (χ0) is 17.4. The van der Waals surface area contributed by atoms with Gasteiger partial charge in [0.15, 0.2) is 6.23 Å². The van der Waals surface area contributed by atoms with Crippen molar-refractivity contribution in [3.8, 4) is 5.75 Å². The van der Waals surface area contributed by atoms with Crippen LogP contribution in [0.3, 0.4) is 0 Å². The van der Waals surface area contributed by atoms with Crippen molar-refractivity contribution in [2.24, 2.45) is 5.92 Å². The second-order valence-electron chi connectivity index (χ2n) is 6.65. The zero-order valence-corrected chi connectivity index (χ0v) is 14.4. The molecule has 0 N–H and O–H groups in total. The zero-order valence-electron chi connectivity index (χ0n) is 13.7. The molecule has 1 saturated heterocycles. The van der Waals surface area contributed by atoms with Gasteiger partial charge in [0.25, 0.3) is 0 Å². The van der Waals surface area contributed by atoms with Crippen LogP contribution in [0.5, 0.6) is 5.75 Å². The summed E-state index contributed by atoms with van der Waals surface area (Å²) in [6.07, 6.45) is 1.70. The van der Waals surface area contributed by atoms with Crippen LogP contribution >= 0.6 is 11.6 Å². The lowest BCUT2D eigenvalue weighted by atomic mass is 9.77. The van der Waals surface area contributed by atoms with Gasteiger partial charge in [-0.2, -0.15) is 0 Å². The van der Waals surface area contributed by atoms with Gasteiger partial charge < -0.3 is 9.64 Å². The Morgan fingerprint density at radius 2 is 2.08 bits per heavy atom. The van der Waals surface area contributed by atoms with E-state index in [9.17, 15) is 10.1 Å². The number of benzene rings is 2. The van der Waals surface area contributed by atoms with E-state index in [4.69, 9.17) is 16.3 Å². The molecule has 6 heteroatoms. The van der Waals surface area contributed by atoms with Gasteiger partial charge in [0.2, 0.25) is 6.54 Å². The Kier molecular flexibility index (Phi) is 4.25. The summed E-state index contributed by atoms with van der Waals surface area (Å²) in [5, 5.41) is 12.0. The Hall–Kier alpha value is -2.27. The van der Waals surface area contributed by atoms with Gasteiger partial charge >= 0.3 is 0 Å². The first-order chi connectivity index (χ1) is 12.1. The number of anilines is 1. The van der Waals surface area contributed by atoms with Crippen molar-refractivity contribution in [2.45, 2.75) is 25.0 Å². The van der Waals surface area contributed by atoms with Gasteiger partial charge in [-0.1, -0.05) is 35.9 Å². The second kappa shape index (κ2) is 6.56. The molecule has 3 unspecified atom stereocenters. The van der Waals surface area contributed by atoms with Crippen molar-refractivity contribution < 1.29 is 9.66 Å². The molecule has 1 fully saturated rings. The van der Waals surface area contributed by atoms with Crippen molar-refractivity contribution in [3.05, 3.63) is 69.2 Å². The summed E-state index contributed by atoms with van der Waals surface area (Å²) in [5.41, 5.74) is 1.95. The summed E-state index contributed by atoms with van der Waals surface area (Å²) in [6, 6.07) is 15.4. The van der Waals surface area contributed by atoms with E-state index in [1.807, 2.05) is 48.5 Å². The number of ether oxygens (including phenoxy) is 1. The van der Waals surface area contributed by atoms with Gasteiger partial charge in [0.05, 0.1) is 5.92 Å². The van der Waals surface area contributed by atoms with Crippen molar-refractivity contribution >= 4 is 17.3 Å². The molecule has 0 saturated carbocycles. The van der Waals surface area contributed by atoms with Crippen LogP contribution < -0.4 is 9.64 Å².